The Labute approximate surface area is 117 Å². The minimum absolute atomic E-state index is 0.204. The first-order valence-electron chi connectivity index (χ1n) is 5.90. The molecule has 7 heteroatoms. The van der Waals surface area contributed by atoms with Gasteiger partial charge in [0.2, 0.25) is 0 Å². The summed E-state index contributed by atoms with van der Waals surface area (Å²) in [5, 5.41) is 1.55. The molecule has 1 amide bonds. The molecule has 1 aromatic carbocycles. The second kappa shape index (κ2) is 5.48. The summed E-state index contributed by atoms with van der Waals surface area (Å²) in [6.07, 6.45) is -3.74. The fourth-order valence-electron chi connectivity index (χ4n) is 2.01. The number of rotatable bonds is 2. The molecule has 0 spiro atoms. The molecule has 0 saturated carbocycles. The van der Waals surface area contributed by atoms with E-state index in [1.165, 1.54) is 19.1 Å². The van der Waals surface area contributed by atoms with E-state index >= 15 is 0 Å². The molecule has 2 rings (SSSR count). The molecule has 110 valence electrons. The Morgan fingerprint density at radius 3 is 2.71 bits per heavy atom. The van der Waals surface area contributed by atoms with Gasteiger partial charge in [-0.1, -0.05) is 12.0 Å². The van der Waals surface area contributed by atoms with Gasteiger partial charge in [0.15, 0.2) is 6.04 Å². The normalized spacial score (nSPS) is 12.6. The first kappa shape index (κ1) is 14.9. The maximum absolute atomic E-state index is 13.8. The van der Waals surface area contributed by atoms with Crippen LogP contribution in [0.1, 0.15) is 18.5 Å². The third-order valence-electron chi connectivity index (χ3n) is 2.84. The van der Waals surface area contributed by atoms with Crippen LogP contribution in [0.3, 0.4) is 0 Å². The summed E-state index contributed by atoms with van der Waals surface area (Å²) in [7, 11) is 0. The SMILES string of the molecule is CC#CC(=O)NC(c1c[nH]c2cccc(F)c12)C(F)(F)F. The van der Waals surface area contributed by atoms with Crippen LogP contribution in [0.2, 0.25) is 0 Å². The van der Waals surface area contributed by atoms with Crippen LogP contribution in [0.5, 0.6) is 0 Å². The van der Waals surface area contributed by atoms with E-state index in [0.717, 1.165) is 12.3 Å². The summed E-state index contributed by atoms with van der Waals surface area (Å²) in [5.41, 5.74) is -0.170. The highest BCUT2D eigenvalue weighted by molar-refractivity contribution is 5.94. The molecule has 0 aliphatic carbocycles. The summed E-state index contributed by atoms with van der Waals surface area (Å²) >= 11 is 0. The van der Waals surface area contributed by atoms with Gasteiger partial charge in [-0.05, 0) is 25.0 Å². The van der Waals surface area contributed by atoms with Gasteiger partial charge in [0.25, 0.3) is 5.91 Å². The van der Waals surface area contributed by atoms with E-state index in [2.05, 4.69) is 10.9 Å². The Bertz CT molecular complexity index is 737. The summed E-state index contributed by atoms with van der Waals surface area (Å²) in [4.78, 5) is 13.9. The quantitative estimate of drug-likeness (QED) is 0.649. The van der Waals surface area contributed by atoms with Crippen LogP contribution in [-0.4, -0.2) is 17.1 Å². The number of carbonyl (C=O) groups is 1. The smallest absolute Gasteiger partial charge is 0.361 e. The van der Waals surface area contributed by atoms with Crippen molar-refractivity contribution in [3.05, 3.63) is 35.8 Å². The Kier molecular flexibility index (Phi) is 3.89. The number of nitrogens with one attached hydrogen (secondary N) is 2. The summed E-state index contributed by atoms with van der Waals surface area (Å²) in [5.74, 6) is 2.30. The number of fused-ring (bicyclic) bond motifs is 1. The fourth-order valence-corrected chi connectivity index (χ4v) is 2.01. The number of hydrogen-bond donors (Lipinski definition) is 2. The largest absolute Gasteiger partial charge is 0.412 e. The van der Waals surface area contributed by atoms with E-state index < -0.39 is 23.9 Å². The highest BCUT2D eigenvalue weighted by Crippen LogP contribution is 2.37. The molecule has 1 heterocycles. The summed E-state index contributed by atoms with van der Waals surface area (Å²) < 4.78 is 53.2. The van der Waals surface area contributed by atoms with Gasteiger partial charge in [0.1, 0.15) is 5.82 Å². The molecule has 0 radical (unpaired) electrons. The second-order valence-electron chi connectivity index (χ2n) is 4.23. The lowest BCUT2D eigenvalue weighted by Crippen LogP contribution is -2.37. The predicted molar refractivity (Wildman–Crippen MR) is 68.6 cm³/mol. The van der Waals surface area contributed by atoms with Crippen LogP contribution < -0.4 is 5.32 Å². The van der Waals surface area contributed by atoms with Gasteiger partial charge in [-0.2, -0.15) is 13.2 Å². The monoisotopic (exact) mass is 298 g/mol. The number of alkyl halides is 3. The molecule has 0 bridgehead atoms. The molecule has 1 aromatic heterocycles. The molecule has 0 fully saturated rings. The Morgan fingerprint density at radius 2 is 2.10 bits per heavy atom. The molecular weight excluding hydrogens is 288 g/mol. The molecule has 2 N–H and O–H groups in total. The van der Waals surface area contributed by atoms with Gasteiger partial charge in [0.05, 0.1) is 0 Å². The number of hydrogen-bond acceptors (Lipinski definition) is 1. The van der Waals surface area contributed by atoms with Gasteiger partial charge in [0, 0.05) is 22.7 Å². The number of halogens is 4. The van der Waals surface area contributed by atoms with Crippen LogP contribution in [0, 0.1) is 17.7 Å². The van der Waals surface area contributed by atoms with E-state index in [1.807, 2.05) is 5.92 Å². The average Bonchev–Trinajstić information content (AvgIpc) is 2.80. The maximum atomic E-state index is 13.8. The zero-order valence-corrected chi connectivity index (χ0v) is 10.8. The molecule has 0 aliphatic rings. The Morgan fingerprint density at radius 1 is 1.38 bits per heavy atom. The number of benzene rings is 1. The first-order chi connectivity index (χ1) is 9.84. The maximum Gasteiger partial charge on any atom is 0.412 e. The van der Waals surface area contributed by atoms with Crippen molar-refractivity contribution in [1.29, 1.82) is 0 Å². The number of carbonyl (C=O) groups excluding carboxylic acids is 1. The van der Waals surface area contributed by atoms with Crippen LogP contribution >= 0.6 is 0 Å². The molecule has 3 nitrogen and oxygen atoms in total. The minimum atomic E-state index is -4.78. The van der Waals surface area contributed by atoms with Crippen molar-refractivity contribution in [1.82, 2.24) is 10.3 Å². The van der Waals surface area contributed by atoms with Crippen LogP contribution in [0.15, 0.2) is 24.4 Å². The third-order valence-corrected chi connectivity index (χ3v) is 2.84. The van der Waals surface area contributed by atoms with E-state index in [-0.39, 0.29) is 16.5 Å². The Balaban J connectivity index is 2.53. The van der Waals surface area contributed by atoms with E-state index in [0.29, 0.717) is 0 Å². The lowest BCUT2D eigenvalue weighted by atomic mass is 10.0. The van der Waals surface area contributed by atoms with Crippen molar-refractivity contribution in [2.75, 3.05) is 0 Å². The second-order valence-corrected chi connectivity index (χ2v) is 4.23. The van der Waals surface area contributed by atoms with Crippen LogP contribution in [0.25, 0.3) is 10.9 Å². The van der Waals surface area contributed by atoms with E-state index in [4.69, 9.17) is 0 Å². The van der Waals surface area contributed by atoms with Gasteiger partial charge in [-0.15, -0.1) is 0 Å². The van der Waals surface area contributed by atoms with Gasteiger partial charge < -0.3 is 10.3 Å². The van der Waals surface area contributed by atoms with E-state index in [1.54, 1.807) is 5.32 Å². The van der Waals surface area contributed by atoms with E-state index in [9.17, 15) is 22.4 Å². The van der Waals surface area contributed by atoms with Crippen LogP contribution in [-0.2, 0) is 4.79 Å². The van der Waals surface area contributed by atoms with Crippen molar-refractivity contribution >= 4 is 16.8 Å². The molecule has 2 aromatic rings. The number of H-pyrrole nitrogens is 1. The zero-order valence-electron chi connectivity index (χ0n) is 10.8. The standard InChI is InChI=1S/C14H10F4N2O/c1-2-4-11(21)20-13(14(16,17)18)8-7-19-10-6-3-5-9(15)12(8)10/h3,5-7,13,19H,1H3,(H,20,21). The zero-order chi connectivity index (χ0) is 15.6. The minimum Gasteiger partial charge on any atom is -0.361 e. The van der Waals surface area contributed by atoms with Crippen LogP contribution in [0.4, 0.5) is 17.6 Å². The highest BCUT2D eigenvalue weighted by Gasteiger charge is 2.43. The fraction of sp³-hybridized carbons (Fsp3) is 0.214. The number of aromatic nitrogens is 1. The topological polar surface area (TPSA) is 44.9 Å². The Hall–Kier alpha value is -2.49. The molecule has 1 unspecified atom stereocenters. The van der Waals surface area contributed by atoms with Gasteiger partial charge in [-0.25, -0.2) is 4.39 Å². The first-order valence-corrected chi connectivity index (χ1v) is 5.90. The highest BCUT2D eigenvalue weighted by atomic mass is 19.4. The molecule has 1 atom stereocenters. The lowest BCUT2D eigenvalue weighted by Gasteiger charge is -2.20. The number of amides is 1. The molecule has 0 saturated heterocycles. The van der Waals surface area contributed by atoms with Gasteiger partial charge in [-0.3, -0.25) is 4.79 Å². The summed E-state index contributed by atoms with van der Waals surface area (Å²) in [6.45, 7) is 1.33. The number of aromatic amines is 1. The van der Waals surface area contributed by atoms with Crippen molar-refractivity contribution in [2.24, 2.45) is 0 Å². The molecular formula is C14H10F4N2O. The lowest BCUT2D eigenvalue weighted by molar-refractivity contribution is -0.161. The molecule has 0 aliphatic heterocycles. The van der Waals surface area contributed by atoms with Crippen molar-refractivity contribution in [2.45, 2.75) is 19.1 Å². The summed E-state index contributed by atoms with van der Waals surface area (Å²) in [6, 6.07) is 1.54. The van der Waals surface area contributed by atoms with Crippen molar-refractivity contribution in [3.63, 3.8) is 0 Å². The van der Waals surface area contributed by atoms with Crippen molar-refractivity contribution < 1.29 is 22.4 Å². The predicted octanol–water partition coefficient (Wildman–Crippen LogP) is 3.05. The third kappa shape index (κ3) is 2.99. The van der Waals surface area contributed by atoms with Crippen molar-refractivity contribution in [3.8, 4) is 11.8 Å². The molecule has 21 heavy (non-hydrogen) atoms. The average molecular weight is 298 g/mol. The van der Waals surface area contributed by atoms with Gasteiger partial charge >= 0.3 is 6.18 Å².